The first kappa shape index (κ1) is 12.0. The summed E-state index contributed by atoms with van der Waals surface area (Å²) in [6.45, 7) is 9.43. The van der Waals surface area contributed by atoms with Gasteiger partial charge in [-0.25, -0.2) is 0 Å². The molecule has 0 aliphatic heterocycles. The van der Waals surface area contributed by atoms with Gasteiger partial charge in [0.15, 0.2) is 0 Å². The summed E-state index contributed by atoms with van der Waals surface area (Å²) >= 11 is 0. The van der Waals surface area contributed by atoms with Crippen LogP contribution in [0.2, 0.25) is 0 Å². The summed E-state index contributed by atoms with van der Waals surface area (Å²) < 4.78 is 0. The molecule has 0 aromatic heterocycles. The maximum atomic E-state index is 8.97. The summed E-state index contributed by atoms with van der Waals surface area (Å²) in [4.78, 5) is 0. The molecule has 0 amide bonds. The van der Waals surface area contributed by atoms with Crippen molar-refractivity contribution < 1.29 is 0 Å². The van der Waals surface area contributed by atoms with Crippen molar-refractivity contribution >= 4 is 5.57 Å². The fraction of sp³-hybridized carbons (Fsp3) is 0.133. The summed E-state index contributed by atoms with van der Waals surface area (Å²) in [6, 6.07) is 12.1. The van der Waals surface area contributed by atoms with Crippen LogP contribution in [0.3, 0.4) is 0 Å². The van der Waals surface area contributed by atoms with Crippen LogP contribution in [-0.2, 0) is 0 Å². The Hall–Kier alpha value is -2.07. The molecule has 0 radical (unpaired) electrons. The van der Waals surface area contributed by atoms with Crippen LogP contribution >= 0.6 is 0 Å². The topological polar surface area (TPSA) is 23.8 Å². The van der Waals surface area contributed by atoms with Crippen molar-refractivity contribution in [1.29, 1.82) is 5.26 Å². The quantitative estimate of drug-likeness (QED) is 0.543. The number of nitriles is 1. The summed E-state index contributed by atoms with van der Waals surface area (Å²) in [5.74, 6) is 0. The predicted octanol–water partition coefficient (Wildman–Crippen LogP) is 3.97. The van der Waals surface area contributed by atoms with Crippen LogP contribution in [-0.4, -0.2) is 0 Å². The zero-order chi connectivity index (χ0) is 12.0. The van der Waals surface area contributed by atoms with E-state index in [9.17, 15) is 0 Å². The average molecular weight is 209 g/mol. The van der Waals surface area contributed by atoms with E-state index in [4.69, 9.17) is 5.26 Å². The number of nitrogens with zero attached hydrogens (tertiary/aromatic N) is 1. The van der Waals surface area contributed by atoms with Crippen LogP contribution in [0.1, 0.15) is 12.5 Å². The Morgan fingerprint density at radius 1 is 1.38 bits per heavy atom. The molecule has 1 unspecified atom stereocenters. The van der Waals surface area contributed by atoms with Crippen molar-refractivity contribution in [1.82, 2.24) is 0 Å². The molecule has 0 saturated carbocycles. The molecule has 16 heavy (non-hydrogen) atoms. The van der Waals surface area contributed by atoms with Crippen molar-refractivity contribution in [3.8, 4) is 6.07 Å². The summed E-state index contributed by atoms with van der Waals surface area (Å²) in [6.07, 6.45) is 5.30. The van der Waals surface area contributed by atoms with Gasteiger partial charge >= 0.3 is 0 Å². The van der Waals surface area contributed by atoms with Crippen LogP contribution < -0.4 is 0 Å². The van der Waals surface area contributed by atoms with Crippen molar-refractivity contribution in [3.05, 3.63) is 67.3 Å². The van der Waals surface area contributed by atoms with Crippen LogP contribution in [0, 0.1) is 16.7 Å². The molecule has 1 heteroatoms. The van der Waals surface area contributed by atoms with E-state index in [0.717, 1.165) is 11.1 Å². The van der Waals surface area contributed by atoms with Crippen LogP contribution in [0.15, 0.2) is 61.7 Å². The third-order valence-electron chi connectivity index (χ3n) is 2.44. The molecule has 1 atom stereocenters. The summed E-state index contributed by atoms with van der Waals surface area (Å²) in [5, 5.41) is 8.97. The van der Waals surface area contributed by atoms with Gasteiger partial charge in [-0.3, -0.25) is 0 Å². The molecule has 0 aliphatic carbocycles. The van der Waals surface area contributed by atoms with E-state index in [1.807, 2.05) is 49.4 Å². The molecule has 80 valence electrons. The molecule has 1 nitrogen and oxygen atoms in total. The van der Waals surface area contributed by atoms with Gasteiger partial charge in [0.2, 0.25) is 0 Å². The summed E-state index contributed by atoms with van der Waals surface area (Å²) in [5.41, 5.74) is 1.32. The van der Waals surface area contributed by atoms with E-state index in [2.05, 4.69) is 19.2 Å². The Morgan fingerprint density at radius 2 is 2.00 bits per heavy atom. The van der Waals surface area contributed by atoms with Gasteiger partial charge in [-0.1, -0.05) is 55.1 Å². The SMILES string of the molecule is C=CC(C)(C#N)/C=C\C(=C)c1ccccc1. The second-order valence-corrected chi connectivity index (χ2v) is 3.82. The number of hydrogen-bond donors (Lipinski definition) is 0. The largest absolute Gasteiger partial charge is 0.197 e. The zero-order valence-electron chi connectivity index (χ0n) is 9.48. The van der Waals surface area contributed by atoms with Gasteiger partial charge in [0, 0.05) is 0 Å². The second kappa shape index (κ2) is 5.14. The van der Waals surface area contributed by atoms with Crippen molar-refractivity contribution in [3.63, 3.8) is 0 Å². The first-order valence-corrected chi connectivity index (χ1v) is 5.10. The number of allylic oxidation sites excluding steroid dienone is 4. The number of benzene rings is 1. The predicted molar refractivity (Wildman–Crippen MR) is 68.5 cm³/mol. The highest BCUT2D eigenvalue weighted by Gasteiger charge is 2.14. The van der Waals surface area contributed by atoms with E-state index >= 15 is 0 Å². The Kier molecular flexibility index (Phi) is 3.85. The fourth-order valence-corrected chi connectivity index (χ4v) is 1.17. The van der Waals surface area contributed by atoms with Gasteiger partial charge in [0.1, 0.15) is 0 Å². The Labute approximate surface area is 97.0 Å². The molecule has 0 N–H and O–H groups in total. The van der Waals surface area contributed by atoms with E-state index in [0.29, 0.717) is 0 Å². The van der Waals surface area contributed by atoms with Gasteiger partial charge in [-0.05, 0) is 18.1 Å². The third-order valence-corrected chi connectivity index (χ3v) is 2.44. The highest BCUT2D eigenvalue weighted by molar-refractivity contribution is 5.72. The van der Waals surface area contributed by atoms with E-state index in [-0.39, 0.29) is 0 Å². The molecule has 0 fully saturated rings. The molecule has 1 rings (SSSR count). The zero-order valence-corrected chi connectivity index (χ0v) is 9.48. The smallest absolute Gasteiger partial charge is 0.0906 e. The molecule has 1 aromatic carbocycles. The first-order valence-electron chi connectivity index (χ1n) is 5.10. The Bertz CT molecular complexity index is 448. The second-order valence-electron chi connectivity index (χ2n) is 3.82. The van der Waals surface area contributed by atoms with Gasteiger partial charge in [-0.15, -0.1) is 6.58 Å². The normalized spacial score (nSPS) is 14.0. The monoisotopic (exact) mass is 209 g/mol. The summed E-state index contributed by atoms with van der Waals surface area (Å²) in [7, 11) is 0. The highest BCUT2D eigenvalue weighted by Crippen LogP contribution is 2.21. The minimum atomic E-state index is -0.627. The van der Waals surface area contributed by atoms with Crippen molar-refractivity contribution in [2.45, 2.75) is 6.92 Å². The standard InChI is InChI=1S/C15H15N/c1-4-15(3,12-16)11-10-13(2)14-8-6-5-7-9-14/h4-11H,1-2H2,3H3/b11-10-. The van der Waals surface area contributed by atoms with E-state index in [1.165, 1.54) is 0 Å². The molecule has 0 saturated heterocycles. The average Bonchev–Trinajstić information content (AvgIpc) is 2.36. The van der Waals surface area contributed by atoms with Gasteiger partial charge in [-0.2, -0.15) is 5.26 Å². The highest BCUT2D eigenvalue weighted by atomic mass is 14.3. The molecule has 0 heterocycles. The van der Waals surface area contributed by atoms with Gasteiger partial charge in [0.05, 0.1) is 11.5 Å². The Balaban J connectivity index is 2.84. The van der Waals surface area contributed by atoms with Crippen LogP contribution in [0.4, 0.5) is 0 Å². The number of rotatable bonds is 4. The Morgan fingerprint density at radius 3 is 2.50 bits per heavy atom. The van der Waals surface area contributed by atoms with Crippen molar-refractivity contribution in [2.75, 3.05) is 0 Å². The van der Waals surface area contributed by atoms with E-state index in [1.54, 1.807) is 6.08 Å². The lowest BCUT2D eigenvalue weighted by Crippen LogP contribution is -2.04. The first-order chi connectivity index (χ1) is 7.61. The van der Waals surface area contributed by atoms with E-state index < -0.39 is 5.41 Å². The molecule has 0 spiro atoms. The van der Waals surface area contributed by atoms with Crippen LogP contribution in [0.25, 0.3) is 5.57 Å². The minimum Gasteiger partial charge on any atom is -0.197 e. The lowest BCUT2D eigenvalue weighted by molar-refractivity contribution is 0.738. The minimum absolute atomic E-state index is 0.627. The maximum Gasteiger partial charge on any atom is 0.0906 e. The van der Waals surface area contributed by atoms with Gasteiger partial charge in [0.25, 0.3) is 0 Å². The molecular weight excluding hydrogens is 194 g/mol. The molecular formula is C15H15N. The van der Waals surface area contributed by atoms with Gasteiger partial charge < -0.3 is 0 Å². The van der Waals surface area contributed by atoms with Crippen molar-refractivity contribution in [2.24, 2.45) is 5.41 Å². The molecule has 0 aliphatic rings. The van der Waals surface area contributed by atoms with Crippen LogP contribution in [0.5, 0.6) is 0 Å². The molecule has 1 aromatic rings. The lowest BCUT2D eigenvalue weighted by Gasteiger charge is -2.10. The number of hydrogen-bond acceptors (Lipinski definition) is 1. The fourth-order valence-electron chi connectivity index (χ4n) is 1.17. The lowest BCUT2D eigenvalue weighted by atomic mass is 9.91. The molecule has 0 bridgehead atoms. The third kappa shape index (κ3) is 2.96. The maximum absolute atomic E-state index is 8.97.